The summed E-state index contributed by atoms with van der Waals surface area (Å²) in [6, 6.07) is 0. The second-order valence-corrected chi connectivity index (χ2v) is 3.65. The smallest absolute Gasteiger partial charge is 0.0151 e. The van der Waals surface area contributed by atoms with Crippen molar-refractivity contribution >= 4 is 0 Å². The van der Waals surface area contributed by atoms with Gasteiger partial charge in [-0.1, -0.05) is 19.8 Å². The third kappa shape index (κ3) is 1.45. The largest absolute Gasteiger partial charge is 0.325 e. The average molecular weight is 127 g/mol. The maximum atomic E-state index is 6.02. The summed E-state index contributed by atoms with van der Waals surface area (Å²) in [4.78, 5) is 0. The van der Waals surface area contributed by atoms with Gasteiger partial charge in [-0.25, -0.2) is 0 Å². The van der Waals surface area contributed by atoms with Crippen LogP contribution in [0.5, 0.6) is 0 Å². The maximum absolute atomic E-state index is 6.02. The van der Waals surface area contributed by atoms with Gasteiger partial charge in [-0.15, -0.1) is 0 Å². The fourth-order valence-electron chi connectivity index (χ4n) is 1.53. The van der Waals surface area contributed by atoms with Crippen molar-refractivity contribution in [3.05, 3.63) is 0 Å². The van der Waals surface area contributed by atoms with Crippen molar-refractivity contribution in [2.45, 2.75) is 45.1 Å². The monoisotopic (exact) mass is 127 g/mol. The molecule has 0 bridgehead atoms. The normalized spacial score (nSPS) is 45.0. The highest BCUT2D eigenvalue weighted by Gasteiger charge is 2.28. The fraction of sp³-hybridized carbons (Fsp3) is 1.00. The molecule has 2 atom stereocenters. The second kappa shape index (κ2) is 2.30. The van der Waals surface area contributed by atoms with Gasteiger partial charge in [0.15, 0.2) is 0 Å². The molecule has 0 aromatic heterocycles. The van der Waals surface area contributed by atoms with Gasteiger partial charge in [0, 0.05) is 5.54 Å². The van der Waals surface area contributed by atoms with Crippen molar-refractivity contribution in [1.82, 2.24) is 0 Å². The molecule has 1 aliphatic rings. The van der Waals surface area contributed by atoms with E-state index < -0.39 is 0 Å². The maximum Gasteiger partial charge on any atom is 0.0151 e. The van der Waals surface area contributed by atoms with Crippen LogP contribution in [0.25, 0.3) is 0 Å². The Morgan fingerprint density at radius 1 is 1.44 bits per heavy atom. The summed E-state index contributed by atoms with van der Waals surface area (Å²) < 4.78 is 0. The Balaban J connectivity index is 2.49. The van der Waals surface area contributed by atoms with Crippen molar-refractivity contribution in [2.24, 2.45) is 11.7 Å². The molecule has 0 aromatic carbocycles. The summed E-state index contributed by atoms with van der Waals surface area (Å²) in [6.45, 7) is 4.44. The Labute approximate surface area is 57.6 Å². The van der Waals surface area contributed by atoms with Crippen LogP contribution < -0.4 is 5.73 Å². The van der Waals surface area contributed by atoms with Crippen molar-refractivity contribution in [2.75, 3.05) is 0 Å². The van der Waals surface area contributed by atoms with E-state index in [-0.39, 0.29) is 5.54 Å². The van der Waals surface area contributed by atoms with Crippen LogP contribution in [-0.4, -0.2) is 5.54 Å². The van der Waals surface area contributed by atoms with E-state index in [1.165, 1.54) is 25.7 Å². The first-order valence-electron chi connectivity index (χ1n) is 3.92. The highest BCUT2D eigenvalue weighted by Crippen LogP contribution is 2.30. The van der Waals surface area contributed by atoms with Crippen LogP contribution in [0, 0.1) is 5.92 Å². The van der Waals surface area contributed by atoms with Crippen LogP contribution in [-0.2, 0) is 0 Å². The van der Waals surface area contributed by atoms with Gasteiger partial charge in [0.25, 0.3) is 0 Å². The Morgan fingerprint density at radius 2 is 2.11 bits per heavy atom. The van der Waals surface area contributed by atoms with Crippen LogP contribution in [0.2, 0.25) is 0 Å². The van der Waals surface area contributed by atoms with E-state index in [0.717, 1.165) is 5.92 Å². The number of hydrogen-bond donors (Lipinski definition) is 1. The third-order valence-corrected chi connectivity index (χ3v) is 2.73. The van der Waals surface area contributed by atoms with E-state index in [1.807, 2.05) is 0 Å². The van der Waals surface area contributed by atoms with Gasteiger partial charge in [-0.3, -0.25) is 0 Å². The lowest BCUT2D eigenvalue weighted by Gasteiger charge is -2.35. The van der Waals surface area contributed by atoms with Gasteiger partial charge in [-0.2, -0.15) is 0 Å². The van der Waals surface area contributed by atoms with Gasteiger partial charge < -0.3 is 5.73 Å². The van der Waals surface area contributed by atoms with Crippen molar-refractivity contribution in [1.29, 1.82) is 0 Å². The summed E-state index contributed by atoms with van der Waals surface area (Å²) in [7, 11) is 0. The Kier molecular flexibility index (Phi) is 1.80. The summed E-state index contributed by atoms with van der Waals surface area (Å²) in [6.07, 6.45) is 5.26. The fourth-order valence-corrected chi connectivity index (χ4v) is 1.53. The first-order valence-corrected chi connectivity index (χ1v) is 3.92. The lowest BCUT2D eigenvalue weighted by molar-refractivity contribution is 0.226. The molecule has 1 fully saturated rings. The number of hydrogen-bond acceptors (Lipinski definition) is 1. The SMILES string of the molecule is C[C@H]1CCCC[C@]1(C)N. The van der Waals surface area contributed by atoms with Crippen LogP contribution in [0.4, 0.5) is 0 Å². The molecule has 0 heterocycles. The summed E-state index contributed by atoms with van der Waals surface area (Å²) in [5.74, 6) is 0.728. The Bertz CT molecular complexity index is 96.7. The molecule has 1 heteroatoms. The molecule has 1 nitrogen and oxygen atoms in total. The lowest BCUT2D eigenvalue weighted by Crippen LogP contribution is -2.44. The Hall–Kier alpha value is -0.0400. The molecule has 1 rings (SSSR count). The first kappa shape index (κ1) is 7.07. The molecular formula is C8H17N. The topological polar surface area (TPSA) is 26.0 Å². The van der Waals surface area contributed by atoms with E-state index in [4.69, 9.17) is 5.73 Å². The molecule has 0 aliphatic heterocycles. The molecule has 0 aromatic rings. The Morgan fingerprint density at radius 3 is 2.44 bits per heavy atom. The standard InChI is InChI=1S/C8H17N/c1-7-5-3-4-6-8(7,2)9/h7H,3-6,9H2,1-2H3/t7-,8-/m0/s1. The zero-order chi connectivity index (χ0) is 6.91. The molecule has 1 saturated carbocycles. The minimum Gasteiger partial charge on any atom is -0.325 e. The highest BCUT2D eigenvalue weighted by atomic mass is 14.7. The van der Waals surface area contributed by atoms with Crippen LogP contribution in [0.1, 0.15) is 39.5 Å². The molecule has 0 radical (unpaired) electrons. The molecule has 54 valence electrons. The zero-order valence-corrected chi connectivity index (χ0v) is 6.48. The van der Waals surface area contributed by atoms with E-state index in [0.29, 0.717) is 0 Å². The number of nitrogens with two attached hydrogens (primary N) is 1. The second-order valence-electron chi connectivity index (χ2n) is 3.65. The van der Waals surface area contributed by atoms with Crippen molar-refractivity contribution < 1.29 is 0 Å². The van der Waals surface area contributed by atoms with Gasteiger partial charge in [-0.05, 0) is 25.7 Å². The molecule has 0 spiro atoms. The van der Waals surface area contributed by atoms with Crippen LogP contribution >= 0.6 is 0 Å². The quantitative estimate of drug-likeness (QED) is 0.528. The van der Waals surface area contributed by atoms with Gasteiger partial charge >= 0.3 is 0 Å². The highest BCUT2D eigenvalue weighted by molar-refractivity contribution is 4.87. The summed E-state index contributed by atoms with van der Waals surface area (Å²) in [5, 5.41) is 0. The van der Waals surface area contributed by atoms with E-state index in [2.05, 4.69) is 13.8 Å². The summed E-state index contributed by atoms with van der Waals surface area (Å²) >= 11 is 0. The summed E-state index contributed by atoms with van der Waals surface area (Å²) in [5.41, 5.74) is 6.16. The predicted molar refractivity (Wildman–Crippen MR) is 40.2 cm³/mol. The molecule has 9 heavy (non-hydrogen) atoms. The van der Waals surface area contributed by atoms with Crippen LogP contribution in [0.3, 0.4) is 0 Å². The molecule has 0 saturated heterocycles. The van der Waals surface area contributed by atoms with Crippen molar-refractivity contribution in [3.63, 3.8) is 0 Å². The number of rotatable bonds is 0. The minimum atomic E-state index is 0.137. The lowest BCUT2D eigenvalue weighted by atomic mass is 9.76. The van der Waals surface area contributed by atoms with Crippen molar-refractivity contribution in [3.8, 4) is 0 Å². The molecule has 0 unspecified atom stereocenters. The van der Waals surface area contributed by atoms with E-state index in [1.54, 1.807) is 0 Å². The van der Waals surface area contributed by atoms with E-state index >= 15 is 0 Å². The van der Waals surface area contributed by atoms with Crippen LogP contribution in [0.15, 0.2) is 0 Å². The minimum absolute atomic E-state index is 0.137. The molecule has 0 amide bonds. The van der Waals surface area contributed by atoms with Gasteiger partial charge in [0.1, 0.15) is 0 Å². The van der Waals surface area contributed by atoms with Gasteiger partial charge in [0.05, 0.1) is 0 Å². The van der Waals surface area contributed by atoms with Gasteiger partial charge in [0.2, 0.25) is 0 Å². The molecule has 2 N–H and O–H groups in total. The predicted octanol–water partition coefficient (Wildman–Crippen LogP) is 1.91. The van der Waals surface area contributed by atoms with E-state index in [9.17, 15) is 0 Å². The third-order valence-electron chi connectivity index (χ3n) is 2.73. The zero-order valence-electron chi connectivity index (χ0n) is 6.48. The average Bonchev–Trinajstić information content (AvgIpc) is 1.77. The first-order chi connectivity index (χ1) is 4.13. The molecular weight excluding hydrogens is 110 g/mol. The molecule has 1 aliphatic carbocycles.